The molecule has 0 saturated carbocycles. The number of halogens is 2. The standard InChI is InChI=1S/C14H11BrClNO2/c1-9(18)11-2-3-14(13(16)5-11)19-8-10-4-12(15)7-17-6-10/h2-7H,8H2,1H3. The van der Waals surface area contributed by atoms with Crippen molar-refractivity contribution in [1.82, 2.24) is 4.98 Å². The van der Waals surface area contributed by atoms with Gasteiger partial charge in [-0.2, -0.15) is 0 Å². The van der Waals surface area contributed by atoms with Crippen LogP contribution in [0.1, 0.15) is 22.8 Å². The fourth-order valence-corrected chi connectivity index (χ4v) is 2.18. The van der Waals surface area contributed by atoms with Crippen LogP contribution in [0.3, 0.4) is 0 Å². The van der Waals surface area contributed by atoms with Gasteiger partial charge in [0.2, 0.25) is 0 Å². The molecular weight excluding hydrogens is 330 g/mol. The van der Waals surface area contributed by atoms with Gasteiger partial charge in [0.1, 0.15) is 12.4 Å². The minimum absolute atomic E-state index is 0.0235. The van der Waals surface area contributed by atoms with E-state index in [2.05, 4.69) is 20.9 Å². The summed E-state index contributed by atoms with van der Waals surface area (Å²) < 4.78 is 6.50. The van der Waals surface area contributed by atoms with Gasteiger partial charge in [0.25, 0.3) is 0 Å². The number of carbonyl (C=O) groups is 1. The van der Waals surface area contributed by atoms with E-state index in [1.165, 1.54) is 6.92 Å². The largest absolute Gasteiger partial charge is 0.487 e. The Morgan fingerprint density at radius 3 is 2.79 bits per heavy atom. The van der Waals surface area contributed by atoms with Gasteiger partial charge in [0, 0.05) is 28.0 Å². The van der Waals surface area contributed by atoms with Crippen LogP contribution in [-0.4, -0.2) is 10.8 Å². The molecule has 0 aliphatic carbocycles. The van der Waals surface area contributed by atoms with Crippen molar-refractivity contribution in [3.8, 4) is 5.75 Å². The normalized spacial score (nSPS) is 10.3. The topological polar surface area (TPSA) is 39.2 Å². The van der Waals surface area contributed by atoms with Gasteiger partial charge < -0.3 is 4.74 Å². The molecule has 98 valence electrons. The Labute approximate surface area is 124 Å². The van der Waals surface area contributed by atoms with Gasteiger partial charge in [-0.15, -0.1) is 0 Å². The second-order valence-electron chi connectivity index (χ2n) is 4.00. The van der Waals surface area contributed by atoms with Gasteiger partial charge in [-0.1, -0.05) is 11.6 Å². The lowest BCUT2D eigenvalue weighted by atomic mass is 10.1. The number of ether oxygens (including phenoxy) is 1. The van der Waals surface area contributed by atoms with Crippen molar-refractivity contribution >= 4 is 33.3 Å². The molecule has 5 heteroatoms. The SMILES string of the molecule is CC(=O)c1ccc(OCc2cncc(Br)c2)c(Cl)c1. The highest BCUT2D eigenvalue weighted by atomic mass is 79.9. The molecule has 2 aromatic rings. The average Bonchev–Trinajstić information content (AvgIpc) is 2.37. The number of nitrogens with zero attached hydrogens (tertiary/aromatic N) is 1. The third-order valence-corrected chi connectivity index (χ3v) is 3.22. The molecule has 0 spiro atoms. The van der Waals surface area contributed by atoms with Crippen LogP contribution in [0.25, 0.3) is 0 Å². The van der Waals surface area contributed by atoms with Crippen molar-refractivity contribution in [2.45, 2.75) is 13.5 Å². The van der Waals surface area contributed by atoms with E-state index in [4.69, 9.17) is 16.3 Å². The molecule has 0 amide bonds. The smallest absolute Gasteiger partial charge is 0.159 e. The number of benzene rings is 1. The van der Waals surface area contributed by atoms with Crippen molar-refractivity contribution in [1.29, 1.82) is 0 Å². The maximum atomic E-state index is 11.2. The Balaban J connectivity index is 2.10. The van der Waals surface area contributed by atoms with Crippen LogP contribution in [0.2, 0.25) is 5.02 Å². The number of Topliss-reactive ketones (excluding diaryl/α,β-unsaturated/α-hetero) is 1. The predicted molar refractivity (Wildman–Crippen MR) is 77.7 cm³/mol. The molecule has 0 unspecified atom stereocenters. The Morgan fingerprint density at radius 2 is 2.16 bits per heavy atom. The van der Waals surface area contributed by atoms with Crippen LogP contribution < -0.4 is 4.74 Å². The van der Waals surface area contributed by atoms with Gasteiger partial charge in [-0.25, -0.2) is 0 Å². The molecule has 0 aliphatic heterocycles. The summed E-state index contributed by atoms with van der Waals surface area (Å²) in [6, 6.07) is 6.93. The van der Waals surface area contributed by atoms with Crippen LogP contribution in [0, 0.1) is 0 Å². The third-order valence-electron chi connectivity index (χ3n) is 2.49. The second kappa shape index (κ2) is 6.17. The van der Waals surface area contributed by atoms with E-state index in [9.17, 15) is 4.79 Å². The number of hydrogen-bond donors (Lipinski definition) is 0. The summed E-state index contributed by atoms with van der Waals surface area (Å²) in [6.45, 7) is 1.87. The minimum Gasteiger partial charge on any atom is -0.487 e. The fraction of sp³-hybridized carbons (Fsp3) is 0.143. The van der Waals surface area contributed by atoms with Crippen LogP contribution in [-0.2, 0) is 6.61 Å². The first-order chi connectivity index (χ1) is 9.06. The first-order valence-electron chi connectivity index (χ1n) is 5.59. The lowest BCUT2D eigenvalue weighted by Gasteiger charge is -2.09. The summed E-state index contributed by atoms with van der Waals surface area (Å²) >= 11 is 9.42. The number of hydrogen-bond acceptors (Lipinski definition) is 3. The molecule has 0 bridgehead atoms. The highest BCUT2D eigenvalue weighted by Crippen LogP contribution is 2.26. The first-order valence-corrected chi connectivity index (χ1v) is 6.76. The molecule has 1 heterocycles. The van der Waals surface area contributed by atoms with E-state index in [0.717, 1.165) is 10.0 Å². The summed E-state index contributed by atoms with van der Waals surface area (Å²) in [5.74, 6) is 0.524. The maximum absolute atomic E-state index is 11.2. The van der Waals surface area contributed by atoms with Crippen molar-refractivity contribution in [2.75, 3.05) is 0 Å². The van der Waals surface area contributed by atoms with E-state index in [0.29, 0.717) is 22.9 Å². The quantitative estimate of drug-likeness (QED) is 0.780. The number of aromatic nitrogens is 1. The van der Waals surface area contributed by atoms with E-state index in [1.807, 2.05) is 6.07 Å². The van der Waals surface area contributed by atoms with Gasteiger partial charge in [-0.3, -0.25) is 9.78 Å². The Morgan fingerprint density at radius 1 is 1.37 bits per heavy atom. The summed E-state index contributed by atoms with van der Waals surface area (Å²) in [4.78, 5) is 15.3. The molecule has 0 N–H and O–H groups in total. The predicted octanol–water partition coefficient (Wildman–Crippen LogP) is 4.28. The highest BCUT2D eigenvalue weighted by molar-refractivity contribution is 9.10. The summed E-state index contributed by atoms with van der Waals surface area (Å²) in [5.41, 5.74) is 1.50. The van der Waals surface area contributed by atoms with Gasteiger partial charge >= 0.3 is 0 Å². The molecule has 1 aromatic carbocycles. The Hall–Kier alpha value is -1.39. The summed E-state index contributed by atoms with van der Waals surface area (Å²) in [7, 11) is 0. The molecule has 0 fully saturated rings. The molecule has 3 nitrogen and oxygen atoms in total. The Bertz CT molecular complexity index is 616. The number of rotatable bonds is 4. The molecule has 19 heavy (non-hydrogen) atoms. The van der Waals surface area contributed by atoms with Crippen molar-refractivity contribution < 1.29 is 9.53 Å². The van der Waals surface area contributed by atoms with Crippen molar-refractivity contribution in [2.24, 2.45) is 0 Å². The zero-order valence-electron chi connectivity index (χ0n) is 10.2. The van der Waals surface area contributed by atoms with E-state index >= 15 is 0 Å². The molecule has 0 saturated heterocycles. The molecule has 0 aliphatic rings. The fourth-order valence-electron chi connectivity index (χ4n) is 1.53. The number of carbonyl (C=O) groups excluding carboxylic acids is 1. The van der Waals surface area contributed by atoms with Crippen LogP contribution in [0.5, 0.6) is 5.75 Å². The van der Waals surface area contributed by atoms with Gasteiger partial charge in [-0.05, 0) is 47.1 Å². The van der Waals surface area contributed by atoms with E-state index < -0.39 is 0 Å². The maximum Gasteiger partial charge on any atom is 0.159 e. The zero-order chi connectivity index (χ0) is 13.8. The number of pyridine rings is 1. The molecule has 2 rings (SSSR count). The zero-order valence-corrected chi connectivity index (χ0v) is 12.5. The van der Waals surface area contributed by atoms with E-state index in [1.54, 1.807) is 30.6 Å². The minimum atomic E-state index is -0.0235. The molecule has 1 aromatic heterocycles. The van der Waals surface area contributed by atoms with Gasteiger partial charge in [0.15, 0.2) is 5.78 Å². The number of ketones is 1. The highest BCUT2D eigenvalue weighted by Gasteiger charge is 2.06. The monoisotopic (exact) mass is 339 g/mol. The molecule has 0 radical (unpaired) electrons. The first kappa shape index (κ1) is 14.0. The van der Waals surface area contributed by atoms with Crippen molar-refractivity contribution in [3.05, 3.63) is 57.3 Å². The van der Waals surface area contributed by atoms with Crippen LogP contribution >= 0.6 is 27.5 Å². The summed E-state index contributed by atoms with van der Waals surface area (Å²) in [6.07, 6.45) is 3.43. The van der Waals surface area contributed by atoms with Crippen LogP contribution in [0.15, 0.2) is 41.1 Å². The molecular formula is C14H11BrClNO2. The average molecular weight is 341 g/mol. The molecule has 0 atom stereocenters. The van der Waals surface area contributed by atoms with E-state index in [-0.39, 0.29) is 5.78 Å². The Kier molecular flexibility index (Phi) is 4.56. The second-order valence-corrected chi connectivity index (χ2v) is 5.32. The van der Waals surface area contributed by atoms with Gasteiger partial charge in [0.05, 0.1) is 5.02 Å². The summed E-state index contributed by atoms with van der Waals surface area (Å²) in [5, 5.41) is 0.427. The van der Waals surface area contributed by atoms with Crippen LogP contribution in [0.4, 0.5) is 0 Å². The third kappa shape index (κ3) is 3.78. The van der Waals surface area contributed by atoms with Crippen molar-refractivity contribution in [3.63, 3.8) is 0 Å². The lowest BCUT2D eigenvalue weighted by Crippen LogP contribution is -1.98. The lowest BCUT2D eigenvalue weighted by molar-refractivity contribution is 0.101.